The third kappa shape index (κ3) is 3.69. The highest BCUT2D eigenvalue weighted by Crippen LogP contribution is 2.22. The molecule has 25 heavy (non-hydrogen) atoms. The van der Waals surface area contributed by atoms with E-state index in [1.54, 1.807) is 19.9 Å². The average molecular weight is 358 g/mol. The molecule has 0 aliphatic heterocycles. The minimum Gasteiger partial charge on any atom is -0.452 e. The van der Waals surface area contributed by atoms with Crippen molar-refractivity contribution >= 4 is 17.6 Å². The van der Waals surface area contributed by atoms with Gasteiger partial charge in [-0.15, -0.1) is 0 Å². The molecule has 1 aromatic carbocycles. The van der Waals surface area contributed by atoms with Gasteiger partial charge in [-0.1, -0.05) is 41.0 Å². The normalized spacial score (nSPS) is 10.7. The fourth-order valence-corrected chi connectivity index (χ4v) is 2.84. The molecule has 128 valence electrons. The van der Waals surface area contributed by atoms with Gasteiger partial charge in [-0.05, 0) is 38.0 Å². The Labute approximate surface area is 149 Å². The molecule has 0 spiro atoms. The molecule has 6 nitrogen and oxygen atoms in total. The molecule has 0 unspecified atom stereocenters. The van der Waals surface area contributed by atoms with Gasteiger partial charge in [0.1, 0.15) is 5.15 Å². The second-order valence-corrected chi connectivity index (χ2v) is 6.01. The van der Waals surface area contributed by atoms with Crippen molar-refractivity contribution < 1.29 is 14.1 Å². The molecular formula is C18H16ClN3O3. The van der Waals surface area contributed by atoms with Gasteiger partial charge in [0, 0.05) is 11.3 Å². The van der Waals surface area contributed by atoms with Crippen molar-refractivity contribution in [2.24, 2.45) is 0 Å². The van der Waals surface area contributed by atoms with E-state index in [1.807, 2.05) is 31.2 Å². The molecule has 0 saturated heterocycles. The van der Waals surface area contributed by atoms with Crippen LogP contribution in [0.1, 0.15) is 33.1 Å². The summed E-state index contributed by atoms with van der Waals surface area (Å²) in [4.78, 5) is 20.6. The summed E-state index contributed by atoms with van der Waals surface area (Å²) in [7, 11) is 0. The lowest BCUT2D eigenvalue weighted by Gasteiger charge is -2.07. The van der Waals surface area contributed by atoms with Gasteiger partial charge in [-0.25, -0.2) is 9.78 Å². The van der Waals surface area contributed by atoms with Crippen LogP contribution in [0.15, 0.2) is 34.9 Å². The molecule has 0 atom stereocenters. The molecule has 7 heteroatoms. The number of halogens is 1. The predicted molar refractivity (Wildman–Crippen MR) is 92.3 cm³/mol. The monoisotopic (exact) mass is 357 g/mol. The first-order valence-corrected chi connectivity index (χ1v) is 8.03. The molecule has 0 aliphatic rings. The van der Waals surface area contributed by atoms with Gasteiger partial charge in [0.25, 0.3) is 5.89 Å². The molecule has 0 fully saturated rings. The Bertz CT molecular complexity index is 914. The first-order valence-electron chi connectivity index (χ1n) is 7.65. The van der Waals surface area contributed by atoms with Crippen molar-refractivity contribution in [3.05, 3.63) is 63.8 Å². The number of hydrogen-bond acceptors (Lipinski definition) is 6. The third-order valence-electron chi connectivity index (χ3n) is 3.69. The quantitative estimate of drug-likeness (QED) is 0.517. The van der Waals surface area contributed by atoms with Crippen LogP contribution in [-0.2, 0) is 11.3 Å². The number of carbonyl (C=O) groups is 1. The molecule has 0 N–H and O–H groups in total. The van der Waals surface area contributed by atoms with Gasteiger partial charge >= 0.3 is 5.97 Å². The number of carbonyl (C=O) groups excluding carboxylic acids is 1. The van der Waals surface area contributed by atoms with Gasteiger partial charge in [0.05, 0.1) is 5.56 Å². The van der Waals surface area contributed by atoms with Crippen molar-refractivity contribution in [1.82, 2.24) is 15.1 Å². The van der Waals surface area contributed by atoms with Crippen molar-refractivity contribution in [2.75, 3.05) is 0 Å². The zero-order valence-corrected chi connectivity index (χ0v) is 14.8. The average Bonchev–Trinajstić information content (AvgIpc) is 3.01. The highest BCUT2D eigenvalue weighted by Gasteiger charge is 2.18. The Kier molecular flexibility index (Phi) is 4.81. The summed E-state index contributed by atoms with van der Waals surface area (Å²) < 4.78 is 10.4. The molecule has 3 rings (SSSR count). The molecule has 0 radical (unpaired) electrons. The second-order valence-electron chi connectivity index (χ2n) is 5.65. The Morgan fingerprint density at radius 3 is 2.64 bits per heavy atom. The maximum Gasteiger partial charge on any atom is 0.342 e. The number of nitrogens with zero attached hydrogens (tertiary/aromatic N) is 3. The van der Waals surface area contributed by atoms with E-state index in [4.69, 9.17) is 20.9 Å². The molecule has 0 amide bonds. The molecule has 3 aromatic rings. The maximum atomic E-state index is 12.3. The van der Waals surface area contributed by atoms with Gasteiger partial charge < -0.3 is 9.26 Å². The van der Waals surface area contributed by atoms with Crippen LogP contribution in [-0.4, -0.2) is 21.1 Å². The fraction of sp³-hybridized carbons (Fsp3) is 0.222. The number of esters is 1. The summed E-state index contributed by atoms with van der Waals surface area (Å²) in [5, 5.41) is 4.05. The van der Waals surface area contributed by atoms with E-state index in [1.165, 1.54) is 0 Å². The number of rotatable bonds is 4. The first kappa shape index (κ1) is 17.1. The summed E-state index contributed by atoms with van der Waals surface area (Å²) >= 11 is 6.05. The van der Waals surface area contributed by atoms with Gasteiger partial charge in [-0.2, -0.15) is 4.98 Å². The highest BCUT2D eigenvalue weighted by atomic mass is 35.5. The summed E-state index contributed by atoms with van der Waals surface area (Å²) in [5.41, 5.74) is 3.57. The van der Waals surface area contributed by atoms with Crippen LogP contribution in [0.3, 0.4) is 0 Å². The molecule has 0 bridgehead atoms. The summed E-state index contributed by atoms with van der Waals surface area (Å²) in [5.74, 6) is 0.0847. The van der Waals surface area contributed by atoms with E-state index in [-0.39, 0.29) is 23.2 Å². The van der Waals surface area contributed by atoms with Crippen LogP contribution < -0.4 is 0 Å². The zero-order valence-electron chi connectivity index (χ0n) is 14.0. The SMILES string of the molecule is Cc1cc(C)c(C(=O)OCc2nc(-c3ccccc3C)no2)c(Cl)n1. The topological polar surface area (TPSA) is 78.1 Å². The Morgan fingerprint density at radius 2 is 1.92 bits per heavy atom. The molecule has 0 aliphatic carbocycles. The fourth-order valence-electron chi connectivity index (χ4n) is 2.48. The number of hydrogen-bond donors (Lipinski definition) is 0. The lowest BCUT2D eigenvalue weighted by Crippen LogP contribution is -2.09. The Balaban J connectivity index is 1.73. The van der Waals surface area contributed by atoms with Gasteiger partial charge in [-0.3, -0.25) is 0 Å². The van der Waals surface area contributed by atoms with Crippen LogP contribution in [0.2, 0.25) is 5.15 Å². The van der Waals surface area contributed by atoms with E-state index in [0.717, 1.165) is 16.8 Å². The maximum absolute atomic E-state index is 12.3. The van der Waals surface area contributed by atoms with Gasteiger partial charge in [0.2, 0.25) is 5.82 Å². The lowest BCUT2D eigenvalue weighted by molar-refractivity contribution is 0.0428. The standard InChI is InChI=1S/C18H16ClN3O3/c1-10-6-4-5-7-13(10)17-21-14(25-22-17)9-24-18(23)15-11(2)8-12(3)20-16(15)19/h4-8H,9H2,1-3H3. The van der Waals surface area contributed by atoms with Crippen LogP contribution in [0.5, 0.6) is 0 Å². The lowest BCUT2D eigenvalue weighted by atomic mass is 10.1. The van der Waals surface area contributed by atoms with Crippen LogP contribution in [0, 0.1) is 20.8 Å². The molecule has 0 saturated carbocycles. The van der Waals surface area contributed by atoms with Crippen LogP contribution >= 0.6 is 11.6 Å². The minimum absolute atomic E-state index is 0.119. The van der Waals surface area contributed by atoms with Crippen molar-refractivity contribution in [3.63, 3.8) is 0 Å². The number of benzene rings is 1. The Hall–Kier alpha value is -2.73. The smallest absolute Gasteiger partial charge is 0.342 e. The summed E-state index contributed by atoms with van der Waals surface area (Å²) in [6, 6.07) is 9.46. The summed E-state index contributed by atoms with van der Waals surface area (Å²) in [6.07, 6.45) is 0. The van der Waals surface area contributed by atoms with Crippen LogP contribution in [0.4, 0.5) is 0 Å². The van der Waals surface area contributed by atoms with Crippen molar-refractivity contribution in [3.8, 4) is 11.4 Å². The molecule has 2 aromatic heterocycles. The highest BCUT2D eigenvalue weighted by molar-refractivity contribution is 6.32. The number of ether oxygens (including phenoxy) is 1. The number of aryl methyl sites for hydroxylation is 3. The van der Waals surface area contributed by atoms with E-state index in [9.17, 15) is 4.79 Å². The Morgan fingerprint density at radius 1 is 1.16 bits per heavy atom. The van der Waals surface area contributed by atoms with E-state index < -0.39 is 5.97 Å². The number of aromatic nitrogens is 3. The zero-order chi connectivity index (χ0) is 18.0. The van der Waals surface area contributed by atoms with Crippen LogP contribution in [0.25, 0.3) is 11.4 Å². The minimum atomic E-state index is -0.578. The largest absolute Gasteiger partial charge is 0.452 e. The second kappa shape index (κ2) is 7.03. The summed E-state index contributed by atoms with van der Waals surface area (Å²) in [6.45, 7) is 5.40. The van der Waals surface area contributed by atoms with E-state index >= 15 is 0 Å². The van der Waals surface area contributed by atoms with E-state index in [0.29, 0.717) is 11.4 Å². The molecular weight excluding hydrogens is 342 g/mol. The van der Waals surface area contributed by atoms with E-state index in [2.05, 4.69) is 15.1 Å². The third-order valence-corrected chi connectivity index (χ3v) is 3.96. The number of pyridine rings is 1. The van der Waals surface area contributed by atoms with Crippen molar-refractivity contribution in [1.29, 1.82) is 0 Å². The predicted octanol–water partition coefficient (Wildman–Crippen LogP) is 4.07. The first-order chi connectivity index (χ1) is 12.0. The van der Waals surface area contributed by atoms with Gasteiger partial charge in [0.15, 0.2) is 6.61 Å². The van der Waals surface area contributed by atoms with Crippen molar-refractivity contribution in [2.45, 2.75) is 27.4 Å². The molecule has 2 heterocycles.